The number of halogens is 2. The minimum absolute atomic E-state index is 0.0268. The van der Waals surface area contributed by atoms with E-state index in [4.69, 9.17) is 15.1 Å². The Labute approximate surface area is 124 Å². The minimum Gasteiger partial charge on any atom is -0.443 e. The van der Waals surface area contributed by atoms with Crippen LogP contribution in [0.15, 0.2) is 20.0 Å². The number of carbonyl (C=O) groups is 1. The molecule has 0 bridgehead atoms. The molecule has 1 aliphatic heterocycles. The summed E-state index contributed by atoms with van der Waals surface area (Å²) in [5, 5.41) is 0. The first-order valence-electron chi connectivity index (χ1n) is 5.69. The van der Waals surface area contributed by atoms with E-state index in [9.17, 15) is 13.2 Å². The fraction of sp³-hybridized carbons (Fsp3) is 0.545. The zero-order valence-electron chi connectivity index (χ0n) is 10.4. The Kier molecular flexibility index (Phi) is 3.75. The number of nitrogens with zero attached hydrogens (tertiary/aromatic N) is 1. The Morgan fingerprint density at radius 3 is 2.58 bits per heavy atom. The van der Waals surface area contributed by atoms with Crippen molar-refractivity contribution in [2.75, 3.05) is 6.54 Å². The van der Waals surface area contributed by atoms with Crippen molar-refractivity contribution in [1.29, 1.82) is 0 Å². The van der Waals surface area contributed by atoms with E-state index < -0.39 is 9.05 Å². The minimum atomic E-state index is -3.94. The van der Waals surface area contributed by atoms with Crippen molar-refractivity contribution in [2.45, 2.75) is 37.1 Å². The van der Waals surface area contributed by atoms with Gasteiger partial charge < -0.3 is 9.32 Å². The lowest BCUT2D eigenvalue weighted by Crippen LogP contribution is -2.42. The second-order valence-corrected chi connectivity index (χ2v) is 8.31. The Morgan fingerprint density at radius 1 is 1.53 bits per heavy atom. The summed E-state index contributed by atoms with van der Waals surface area (Å²) in [6.07, 6.45) is 1.82. The molecule has 0 spiro atoms. The molecular formula is C11H13BrClNO4S. The smallest absolute Gasteiger partial charge is 0.290 e. The van der Waals surface area contributed by atoms with E-state index in [1.165, 1.54) is 0 Å². The maximum absolute atomic E-state index is 12.3. The van der Waals surface area contributed by atoms with Gasteiger partial charge in [0.2, 0.25) is 0 Å². The molecule has 2 rings (SSSR count). The lowest BCUT2D eigenvalue weighted by Gasteiger charge is -2.30. The van der Waals surface area contributed by atoms with Crippen LogP contribution in [0.3, 0.4) is 0 Å². The summed E-state index contributed by atoms with van der Waals surface area (Å²) in [7, 11) is 1.32. The molecule has 2 heterocycles. The van der Waals surface area contributed by atoms with Gasteiger partial charge in [-0.15, -0.1) is 0 Å². The molecule has 1 aliphatic rings. The molecule has 1 aromatic rings. The van der Waals surface area contributed by atoms with Gasteiger partial charge in [0.25, 0.3) is 15.0 Å². The van der Waals surface area contributed by atoms with Gasteiger partial charge >= 0.3 is 0 Å². The van der Waals surface area contributed by atoms with E-state index in [0.717, 1.165) is 18.9 Å². The molecule has 1 amide bonds. The summed E-state index contributed by atoms with van der Waals surface area (Å²) < 4.78 is 27.7. The topological polar surface area (TPSA) is 67.6 Å². The summed E-state index contributed by atoms with van der Waals surface area (Å²) >= 11 is 2.96. The maximum atomic E-state index is 12.3. The number of furan rings is 1. The molecule has 0 aliphatic carbocycles. The molecule has 0 saturated carbocycles. The molecule has 1 fully saturated rings. The molecular weight excluding hydrogens is 358 g/mol. The van der Waals surface area contributed by atoms with Gasteiger partial charge in [0.05, 0.1) is 0 Å². The van der Waals surface area contributed by atoms with Crippen LogP contribution in [-0.2, 0) is 9.05 Å². The van der Waals surface area contributed by atoms with Crippen LogP contribution in [-0.4, -0.2) is 31.3 Å². The highest BCUT2D eigenvalue weighted by Gasteiger charge is 2.37. The molecule has 0 unspecified atom stereocenters. The van der Waals surface area contributed by atoms with E-state index in [1.54, 1.807) is 4.90 Å². The lowest BCUT2D eigenvalue weighted by molar-refractivity contribution is 0.0617. The first-order chi connectivity index (χ1) is 8.63. The van der Waals surface area contributed by atoms with Gasteiger partial charge in [-0.25, -0.2) is 8.42 Å². The largest absolute Gasteiger partial charge is 0.443 e. The van der Waals surface area contributed by atoms with E-state index >= 15 is 0 Å². The van der Waals surface area contributed by atoms with E-state index in [0.29, 0.717) is 6.54 Å². The number of amides is 1. The second-order valence-electron chi connectivity index (χ2n) is 5.06. The zero-order valence-corrected chi connectivity index (χ0v) is 13.6. The highest BCUT2D eigenvalue weighted by Crippen LogP contribution is 2.33. The SMILES string of the molecule is CC1(C)CCCN1C(=O)c1cc(S(=O)(=O)Cl)c(Br)o1. The third-order valence-electron chi connectivity index (χ3n) is 3.28. The van der Waals surface area contributed by atoms with Crippen molar-refractivity contribution in [2.24, 2.45) is 0 Å². The Balaban J connectivity index is 2.36. The van der Waals surface area contributed by atoms with Gasteiger partial charge in [-0.3, -0.25) is 4.79 Å². The average molecular weight is 371 g/mol. The molecule has 0 radical (unpaired) electrons. The highest BCUT2D eigenvalue weighted by molar-refractivity contribution is 9.10. The van der Waals surface area contributed by atoms with E-state index in [-0.39, 0.29) is 26.8 Å². The zero-order chi connectivity index (χ0) is 14.4. The molecule has 106 valence electrons. The Morgan fingerprint density at radius 2 is 2.16 bits per heavy atom. The quantitative estimate of drug-likeness (QED) is 0.751. The number of hydrogen-bond acceptors (Lipinski definition) is 4. The molecule has 8 heteroatoms. The van der Waals surface area contributed by atoms with E-state index in [2.05, 4.69) is 15.9 Å². The molecule has 0 atom stereocenters. The van der Waals surface area contributed by atoms with Gasteiger partial charge in [-0.1, -0.05) is 0 Å². The fourth-order valence-corrected chi connectivity index (χ4v) is 4.27. The maximum Gasteiger partial charge on any atom is 0.290 e. The molecule has 1 saturated heterocycles. The normalized spacial score (nSPS) is 18.8. The van der Waals surface area contributed by atoms with Crippen LogP contribution in [0, 0.1) is 0 Å². The summed E-state index contributed by atoms with van der Waals surface area (Å²) in [5.41, 5.74) is -0.254. The van der Waals surface area contributed by atoms with Gasteiger partial charge in [0.15, 0.2) is 10.4 Å². The summed E-state index contributed by atoms with van der Waals surface area (Å²) in [6.45, 7) is 4.57. The standard InChI is InChI=1S/C11H13BrClNO4S/c1-11(2)4-3-5-14(11)10(15)7-6-8(9(12)18-7)19(13,16)17/h6H,3-5H2,1-2H3. The summed E-state index contributed by atoms with van der Waals surface area (Å²) in [5.74, 6) is -0.351. The van der Waals surface area contributed by atoms with Gasteiger partial charge in [-0.05, 0) is 42.6 Å². The van der Waals surface area contributed by atoms with Crippen LogP contribution in [0.25, 0.3) is 0 Å². The van der Waals surface area contributed by atoms with Crippen molar-refractivity contribution in [1.82, 2.24) is 4.90 Å². The predicted octanol–water partition coefficient (Wildman–Crippen LogP) is 2.98. The monoisotopic (exact) mass is 369 g/mol. The molecule has 0 N–H and O–H groups in total. The van der Waals surface area contributed by atoms with Crippen LogP contribution in [0.5, 0.6) is 0 Å². The second kappa shape index (κ2) is 4.79. The number of likely N-dealkylation sites (tertiary alicyclic amines) is 1. The summed E-state index contributed by atoms with van der Waals surface area (Å²) in [4.78, 5) is 13.8. The summed E-state index contributed by atoms with van der Waals surface area (Å²) in [6, 6.07) is 1.16. The molecule has 0 aromatic carbocycles. The van der Waals surface area contributed by atoms with Crippen LogP contribution >= 0.6 is 26.6 Å². The van der Waals surface area contributed by atoms with Crippen LogP contribution in [0.2, 0.25) is 0 Å². The first-order valence-corrected chi connectivity index (χ1v) is 8.79. The molecule has 19 heavy (non-hydrogen) atoms. The van der Waals surface area contributed by atoms with Crippen LogP contribution in [0.1, 0.15) is 37.2 Å². The van der Waals surface area contributed by atoms with Crippen LogP contribution in [0.4, 0.5) is 0 Å². The van der Waals surface area contributed by atoms with Crippen molar-refractivity contribution in [3.8, 4) is 0 Å². The number of rotatable bonds is 2. The molecule has 1 aromatic heterocycles. The molecule has 5 nitrogen and oxygen atoms in total. The van der Waals surface area contributed by atoms with Gasteiger partial charge in [0, 0.05) is 28.8 Å². The number of hydrogen-bond donors (Lipinski definition) is 0. The number of carbonyl (C=O) groups excluding carboxylic acids is 1. The predicted molar refractivity (Wildman–Crippen MR) is 73.8 cm³/mol. The Hall–Kier alpha value is -0.530. The van der Waals surface area contributed by atoms with Crippen molar-refractivity contribution in [3.05, 3.63) is 16.5 Å². The highest BCUT2D eigenvalue weighted by atomic mass is 79.9. The van der Waals surface area contributed by atoms with Crippen molar-refractivity contribution in [3.63, 3.8) is 0 Å². The first kappa shape index (κ1) is 14.9. The van der Waals surface area contributed by atoms with Gasteiger partial charge in [0.1, 0.15) is 4.90 Å². The fourth-order valence-electron chi connectivity index (χ4n) is 2.24. The third kappa shape index (κ3) is 2.83. The van der Waals surface area contributed by atoms with Gasteiger partial charge in [-0.2, -0.15) is 0 Å². The van der Waals surface area contributed by atoms with Crippen LogP contribution < -0.4 is 0 Å². The lowest BCUT2D eigenvalue weighted by atomic mass is 10.0. The van der Waals surface area contributed by atoms with E-state index in [1.807, 2.05) is 13.8 Å². The average Bonchev–Trinajstić information content (AvgIpc) is 2.79. The van der Waals surface area contributed by atoms with Crippen molar-refractivity contribution >= 4 is 41.6 Å². The van der Waals surface area contributed by atoms with Crippen molar-refractivity contribution < 1.29 is 17.6 Å². The Bertz CT molecular complexity index is 623. The third-order valence-corrected chi connectivity index (χ3v) is 5.45.